The van der Waals surface area contributed by atoms with E-state index in [0.29, 0.717) is 0 Å². The van der Waals surface area contributed by atoms with Crippen molar-refractivity contribution in [3.63, 3.8) is 0 Å². The van der Waals surface area contributed by atoms with Crippen LogP contribution in [0.25, 0.3) is 0 Å². The second-order valence-corrected chi connectivity index (χ2v) is 3.63. The van der Waals surface area contributed by atoms with Crippen molar-refractivity contribution in [2.24, 2.45) is 0 Å². The van der Waals surface area contributed by atoms with Crippen LogP contribution < -0.4 is 0 Å². The summed E-state index contributed by atoms with van der Waals surface area (Å²) in [5, 5.41) is 7.42. The maximum Gasteiger partial charge on any atom is 0.300 e. The highest BCUT2D eigenvalue weighted by Crippen LogP contribution is 2.06. The lowest BCUT2D eigenvalue weighted by atomic mass is 10.2. The lowest BCUT2D eigenvalue weighted by Crippen LogP contribution is -2.20. The van der Waals surface area contributed by atoms with E-state index >= 15 is 0 Å². The van der Waals surface area contributed by atoms with Gasteiger partial charge in [0.2, 0.25) is 0 Å². The van der Waals surface area contributed by atoms with Crippen LogP contribution in [0.2, 0.25) is 0 Å². The number of allylic oxidation sites excluding steroid dienone is 2. The monoisotopic (exact) mass is 211 g/mol. The van der Waals surface area contributed by atoms with E-state index in [2.05, 4.69) is 37.1 Å². The van der Waals surface area contributed by atoms with Crippen molar-refractivity contribution < 1.29 is 9.90 Å². The Morgan fingerprint density at radius 2 is 2.20 bits per heavy atom. The Kier molecular flexibility index (Phi) is 7.42. The number of unbranched alkanes of at least 4 members (excludes halogenated alkanes) is 1. The van der Waals surface area contributed by atoms with E-state index in [1.54, 1.807) is 0 Å². The molecule has 0 unspecified atom stereocenters. The molecule has 1 N–H and O–H groups in total. The molecule has 86 valence electrons. The number of rotatable bonds is 3. The van der Waals surface area contributed by atoms with Gasteiger partial charge in [0.15, 0.2) is 0 Å². The van der Waals surface area contributed by atoms with Crippen LogP contribution in [0.5, 0.6) is 0 Å². The van der Waals surface area contributed by atoms with Gasteiger partial charge in [0, 0.05) is 20.0 Å². The van der Waals surface area contributed by atoms with Crippen molar-refractivity contribution in [3.05, 3.63) is 23.9 Å². The van der Waals surface area contributed by atoms with Gasteiger partial charge in [-0.05, 0) is 25.6 Å². The minimum absolute atomic E-state index is 0.833. The first-order valence-electron chi connectivity index (χ1n) is 5.34. The average Bonchev–Trinajstić information content (AvgIpc) is 2.16. The molecule has 3 nitrogen and oxygen atoms in total. The van der Waals surface area contributed by atoms with Gasteiger partial charge in [0.1, 0.15) is 0 Å². The molecule has 0 saturated heterocycles. The number of carboxylic acids is 1. The Bertz CT molecular complexity index is 240. The Morgan fingerprint density at radius 1 is 1.60 bits per heavy atom. The summed E-state index contributed by atoms with van der Waals surface area (Å²) >= 11 is 0. The fourth-order valence-electron chi connectivity index (χ4n) is 1.14. The molecule has 0 spiro atoms. The number of aliphatic carboxylic acids is 1. The number of carbonyl (C=O) groups is 1. The van der Waals surface area contributed by atoms with Crippen LogP contribution in [0.3, 0.4) is 0 Å². The summed E-state index contributed by atoms with van der Waals surface area (Å²) in [7, 11) is 0. The number of carboxylic acid groups (broad SMARTS) is 1. The van der Waals surface area contributed by atoms with Crippen LogP contribution in [-0.4, -0.2) is 29.1 Å². The van der Waals surface area contributed by atoms with Gasteiger partial charge in [0.05, 0.1) is 0 Å². The molecule has 0 aromatic rings. The van der Waals surface area contributed by atoms with Gasteiger partial charge in [-0.15, -0.1) is 0 Å². The topological polar surface area (TPSA) is 40.5 Å². The zero-order valence-corrected chi connectivity index (χ0v) is 9.86. The molecule has 0 bridgehead atoms. The maximum atomic E-state index is 9.00. The van der Waals surface area contributed by atoms with E-state index < -0.39 is 5.97 Å². The van der Waals surface area contributed by atoms with Crippen LogP contribution >= 0.6 is 0 Å². The van der Waals surface area contributed by atoms with E-state index in [1.165, 1.54) is 25.0 Å². The molecule has 1 aliphatic rings. The molecule has 0 fully saturated rings. The molecule has 0 saturated carbocycles. The standard InChI is InChI=1S/C10H17N.C2H4O2/c1-3-4-7-11-8-5-10(2)6-9-11;1-2(3)4/h5-6,8H,3-4,7,9H2,1-2H3;1H3,(H,3,4). The summed E-state index contributed by atoms with van der Waals surface area (Å²) in [6.45, 7) is 7.77. The fourth-order valence-corrected chi connectivity index (χ4v) is 1.14. The van der Waals surface area contributed by atoms with Crippen molar-refractivity contribution in [1.29, 1.82) is 0 Å². The highest BCUT2D eigenvalue weighted by atomic mass is 16.4. The molecular formula is C12H21NO2. The van der Waals surface area contributed by atoms with E-state index in [-0.39, 0.29) is 0 Å². The summed E-state index contributed by atoms with van der Waals surface area (Å²) in [6, 6.07) is 0. The minimum atomic E-state index is -0.833. The lowest BCUT2D eigenvalue weighted by molar-refractivity contribution is -0.134. The predicted octanol–water partition coefficient (Wildman–Crippen LogP) is 2.65. The van der Waals surface area contributed by atoms with Crippen molar-refractivity contribution in [1.82, 2.24) is 4.90 Å². The third kappa shape index (κ3) is 9.06. The Balaban J connectivity index is 0.000000423. The van der Waals surface area contributed by atoms with Gasteiger partial charge in [-0.3, -0.25) is 4.79 Å². The van der Waals surface area contributed by atoms with Gasteiger partial charge < -0.3 is 10.0 Å². The smallest absolute Gasteiger partial charge is 0.300 e. The second-order valence-electron chi connectivity index (χ2n) is 3.63. The molecular weight excluding hydrogens is 190 g/mol. The zero-order valence-electron chi connectivity index (χ0n) is 9.86. The van der Waals surface area contributed by atoms with Crippen LogP contribution in [0.1, 0.15) is 33.6 Å². The van der Waals surface area contributed by atoms with E-state index in [9.17, 15) is 0 Å². The predicted molar refractivity (Wildman–Crippen MR) is 62.7 cm³/mol. The first-order valence-corrected chi connectivity index (χ1v) is 5.34. The molecule has 1 rings (SSSR count). The van der Waals surface area contributed by atoms with Gasteiger partial charge in [-0.1, -0.05) is 25.0 Å². The number of nitrogens with zero attached hydrogens (tertiary/aromatic N) is 1. The molecule has 0 aromatic heterocycles. The van der Waals surface area contributed by atoms with Crippen molar-refractivity contribution in [3.8, 4) is 0 Å². The van der Waals surface area contributed by atoms with E-state index in [1.807, 2.05) is 0 Å². The maximum absolute atomic E-state index is 9.00. The van der Waals surface area contributed by atoms with Crippen molar-refractivity contribution in [2.75, 3.05) is 13.1 Å². The Morgan fingerprint density at radius 3 is 2.60 bits per heavy atom. The molecule has 0 aromatic carbocycles. The molecule has 15 heavy (non-hydrogen) atoms. The third-order valence-corrected chi connectivity index (χ3v) is 1.99. The first-order chi connectivity index (χ1) is 7.06. The first kappa shape index (κ1) is 13.8. The normalized spacial score (nSPS) is 14.1. The highest BCUT2D eigenvalue weighted by molar-refractivity contribution is 5.62. The molecule has 0 amide bonds. The van der Waals surface area contributed by atoms with Gasteiger partial charge in [-0.2, -0.15) is 0 Å². The third-order valence-electron chi connectivity index (χ3n) is 1.99. The molecule has 3 heteroatoms. The van der Waals surface area contributed by atoms with Crippen LogP contribution in [0, 0.1) is 0 Å². The summed E-state index contributed by atoms with van der Waals surface area (Å²) in [5.74, 6) is -0.833. The molecule has 0 radical (unpaired) electrons. The van der Waals surface area contributed by atoms with Gasteiger partial charge in [0.25, 0.3) is 5.97 Å². The largest absolute Gasteiger partial charge is 0.481 e. The minimum Gasteiger partial charge on any atom is -0.481 e. The van der Waals surface area contributed by atoms with Gasteiger partial charge >= 0.3 is 0 Å². The Hall–Kier alpha value is -1.25. The summed E-state index contributed by atoms with van der Waals surface area (Å²) in [5.41, 5.74) is 1.39. The molecule has 1 heterocycles. The Labute approximate surface area is 92.1 Å². The van der Waals surface area contributed by atoms with E-state index in [0.717, 1.165) is 13.5 Å². The second kappa shape index (κ2) is 8.09. The summed E-state index contributed by atoms with van der Waals surface area (Å²) in [4.78, 5) is 11.4. The molecule has 0 atom stereocenters. The quantitative estimate of drug-likeness (QED) is 0.780. The fraction of sp³-hybridized carbons (Fsp3) is 0.583. The number of hydrogen-bond donors (Lipinski definition) is 1. The van der Waals surface area contributed by atoms with Crippen molar-refractivity contribution in [2.45, 2.75) is 33.6 Å². The average molecular weight is 211 g/mol. The number of hydrogen-bond acceptors (Lipinski definition) is 2. The summed E-state index contributed by atoms with van der Waals surface area (Å²) < 4.78 is 0. The van der Waals surface area contributed by atoms with Crippen molar-refractivity contribution >= 4 is 5.97 Å². The molecule has 0 aliphatic carbocycles. The SMILES string of the molecule is CC(=O)O.CCCCN1C=CC(C)=CC1. The van der Waals surface area contributed by atoms with Crippen LogP contribution in [0.15, 0.2) is 23.9 Å². The summed E-state index contributed by atoms with van der Waals surface area (Å²) in [6.07, 6.45) is 9.24. The zero-order chi connectivity index (χ0) is 11.7. The van der Waals surface area contributed by atoms with Crippen LogP contribution in [-0.2, 0) is 4.79 Å². The van der Waals surface area contributed by atoms with Crippen LogP contribution in [0.4, 0.5) is 0 Å². The highest BCUT2D eigenvalue weighted by Gasteiger charge is 1.99. The lowest BCUT2D eigenvalue weighted by Gasteiger charge is -2.21. The van der Waals surface area contributed by atoms with E-state index in [4.69, 9.17) is 9.90 Å². The molecule has 1 aliphatic heterocycles. The van der Waals surface area contributed by atoms with Gasteiger partial charge in [-0.25, -0.2) is 0 Å².